The summed E-state index contributed by atoms with van der Waals surface area (Å²) in [5.41, 5.74) is -0.761. The van der Waals surface area contributed by atoms with Crippen LogP contribution in [0.1, 0.15) is 13.3 Å². The third-order valence-electron chi connectivity index (χ3n) is 1.14. The van der Waals surface area contributed by atoms with Gasteiger partial charge in [0.25, 0.3) is 0 Å². The average molecular weight is 167 g/mol. The zero-order valence-corrected chi connectivity index (χ0v) is 6.85. The van der Waals surface area contributed by atoms with Gasteiger partial charge in [-0.15, -0.1) is 0 Å². The highest BCUT2D eigenvalue weighted by Gasteiger charge is 2.00. The summed E-state index contributed by atoms with van der Waals surface area (Å²) in [6, 6.07) is 0. The van der Waals surface area contributed by atoms with Crippen LogP contribution in [0.5, 0.6) is 0 Å². The van der Waals surface area contributed by atoms with Crippen LogP contribution in [0.3, 0.4) is 0 Å². The molecule has 0 N–H and O–H groups in total. The summed E-state index contributed by atoms with van der Waals surface area (Å²) >= 11 is 4.90. The zero-order valence-electron chi connectivity index (χ0n) is 6.09. The fourth-order valence-electron chi connectivity index (χ4n) is 0.423. The summed E-state index contributed by atoms with van der Waals surface area (Å²) in [5, 5.41) is 0. The van der Waals surface area contributed by atoms with E-state index >= 15 is 0 Å². The maximum atomic E-state index is 10.0. The predicted octanol–water partition coefficient (Wildman–Crippen LogP) is 1.79. The molecule has 0 fully saturated rings. The SMILES string of the molecule is COC(C)CCOC(=O)Cl. The van der Waals surface area contributed by atoms with Crippen molar-refractivity contribution >= 4 is 17.0 Å². The highest BCUT2D eigenvalue weighted by molar-refractivity contribution is 6.61. The Balaban J connectivity index is 3.11. The number of halogens is 1. The molecule has 10 heavy (non-hydrogen) atoms. The molecule has 60 valence electrons. The monoisotopic (exact) mass is 166 g/mol. The van der Waals surface area contributed by atoms with Crippen molar-refractivity contribution in [2.75, 3.05) is 13.7 Å². The highest BCUT2D eigenvalue weighted by Crippen LogP contribution is 1.96. The predicted molar refractivity (Wildman–Crippen MR) is 38.3 cm³/mol. The van der Waals surface area contributed by atoms with E-state index in [-0.39, 0.29) is 6.10 Å². The summed E-state index contributed by atoms with van der Waals surface area (Å²) in [5.74, 6) is 0. The van der Waals surface area contributed by atoms with Gasteiger partial charge in [-0.05, 0) is 6.92 Å². The minimum atomic E-state index is -0.761. The topological polar surface area (TPSA) is 35.5 Å². The van der Waals surface area contributed by atoms with Crippen LogP contribution in [0.25, 0.3) is 0 Å². The lowest BCUT2D eigenvalue weighted by Crippen LogP contribution is -2.09. The Labute approximate surface area is 65.3 Å². The number of methoxy groups -OCH3 is 1. The molecule has 0 aliphatic heterocycles. The van der Waals surface area contributed by atoms with E-state index in [4.69, 9.17) is 16.3 Å². The molecular weight excluding hydrogens is 156 g/mol. The largest absolute Gasteiger partial charge is 0.454 e. The number of carbonyl (C=O) groups excluding carboxylic acids is 1. The molecule has 0 aromatic heterocycles. The first-order chi connectivity index (χ1) is 4.66. The lowest BCUT2D eigenvalue weighted by molar-refractivity contribution is 0.0861. The Bertz CT molecular complexity index is 105. The van der Waals surface area contributed by atoms with Crippen LogP contribution in [0.4, 0.5) is 4.79 Å². The molecule has 0 saturated carbocycles. The van der Waals surface area contributed by atoms with E-state index < -0.39 is 5.43 Å². The lowest BCUT2D eigenvalue weighted by atomic mass is 10.3. The Kier molecular flexibility index (Phi) is 5.35. The van der Waals surface area contributed by atoms with Crippen LogP contribution in [0, 0.1) is 0 Å². The van der Waals surface area contributed by atoms with Gasteiger partial charge in [-0.1, -0.05) is 0 Å². The minimum absolute atomic E-state index is 0.107. The molecule has 0 bridgehead atoms. The van der Waals surface area contributed by atoms with E-state index in [2.05, 4.69) is 4.74 Å². The van der Waals surface area contributed by atoms with Gasteiger partial charge in [0.05, 0.1) is 12.7 Å². The van der Waals surface area contributed by atoms with E-state index in [0.717, 1.165) is 0 Å². The second-order valence-corrected chi connectivity index (χ2v) is 2.23. The van der Waals surface area contributed by atoms with Gasteiger partial charge in [-0.3, -0.25) is 0 Å². The number of ether oxygens (including phenoxy) is 2. The van der Waals surface area contributed by atoms with Gasteiger partial charge in [0.1, 0.15) is 0 Å². The van der Waals surface area contributed by atoms with Crippen LogP contribution in [0.15, 0.2) is 0 Å². The van der Waals surface area contributed by atoms with Gasteiger partial charge in [-0.25, -0.2) is 4.79 Å². The summed E-state index contributed by atoms with van der Waals surface area (Å²) in [7, 11) is 1.60. The first-order valence-electron chi connectivity index (χ1n) is 3.02. The molecule has 0 aliphatic rings. The second kappa shape index (κ2) is 5.50. The lowest BCUT2D eigenvalue weighted by Gasteiger charge is -2.07. The molecule has 3 nitrogen and oxygen atoms in total. The van der Waals surface area contributed by atoms with Gasteiger partial charge in [0, 0.05) is 25.1 Å². The van der Waals surface area contributed by atoms with Crippen molar-refractivity contribution in [2.24, 2.45) is 0 Å². The Hall–Kier alpha value is -0.280. The highest BCUT2D eigenvalue weighted by atomic mass is 35.5. The van der Waals surface area contributed by atoms with E-state index in [0.29, 0.717) is 13.0 Å². The summed E-state index contributed by atoms with van der Waals surface area (Å²) in [6.45, 7) is 2.21. The van der Waals surface area contributed by atoms with Crippen LogP contribution >= 0.6 is 11.6 Å². The fourth-order valence-corrected chi connectivity index (χ4v) is 0.500. The van der Waals surface area contributed by atoms with Crippen molar-refractivity contribution < 1.29 is 14.3 Å². The molecule has 0 radical (unpaired) electrons. The molecule has 0 aromatic carbocycles. The zero-order chi connectivity index (χ0) is 7.98. The van der Waals surface area contributed by atoms with E-state index in [1.54, 1.807) is 7.11 Å². The molecule has 0 saturated heterocycles. The molecule has 0 rings (SSSR count). The number of hydrogen-bond acceptors (Lipinski definition) is 3. The van der Waals surface area contributed by atoms with Crippen LogP contribution in [-0.2, 0) is 9.47 Å². The number of rotatable bonds is 4. The van der Waals surface area contributed by atoms with Crippen molar-refractivity contribution in [3.63, 3.8) is 0 Å². The normalized spacial score (nSPS) is 12.7. The van der Waals surface area contributed by atoms with Crippen LogP contribution < -0.4 is 0 Å². The van der Waals surface area contributed by atoms with Crippen molar-refractivity contribution in [1.29, 1.82) is 0 Å². The molecule has 0 aliphatic carbocycles. The number of hydrogen-bond donors (Lipinski definition) is 0. The summed E-state index contributed by atoms with van der Waals surface area (Å²) < 4.78 is 9.36. The van der Waals surface area contributed by atoms with Gasteiger partial charge < -0.3 is 9.47 Å². The second-order valence-electron chi connectivity index (χ2n) is 1.92. The maximum absolute atomic E-state index is 10.0. The van der Waals surface area contributed by atoms with Crippen LogP contribution in [0.2, 0.25) is 0 Å². The van der Waals surface area contributed by atoms with Crippen molar-refractivity contribution in [3.05, 3.63) is 0 Å². The molecule has 0 heterocycles. The molecule has 0 amide bonds. The third-order valence-corrected chi connectivity index (χ3v) is 1.25. The number of carbonyl (C=O) groups is 1. The summed E-state index contributed by atoms with van der Waals surface area (Å²) in [4.78, 5) is 10.0. The van der Waals surface area contributed by atoms with Gasteiger partial charge in [0.2, 0.25) is 0 Å². The van der Waals surface area contributed by atoms with Gasteiger partial charge >= 0.3 is 5.43 Å². The van der Waals surface area contributed by atoms with Crippen LogP contribution in [-0.4, -0.2) is 25.2 Å². The smallest absolute Gasteiger partial charge is 0.403 e. The van der Waals surface area contributed by atoms with E-state index in [1.165, 1.54) is 0 Å². The molecule has 0 spiro atoms. The van der Waals surface area contributed by atoms with Crippen molar-refractivity contribution in [3.8, 4) is 0 Å². The third kappa shape index (κ3) is 5.85. The molecule has 1 atom stereocenters. The van der Waals surface area contributed by atoms with Gasteiger partial charge in [-0.2, -0.15) is 0 Å². The Morgan fingerprint density at radius 3 is 2.70 bits per heavy atom. The maximum Gasteiger partial charge on any atom is 0.403 e. The molecular formula is C6H11ClO3. The first-order valence-corrected chi connectivity index (χ1v) is 3.39. The molecule has 1 unspecified atom stereocenters. The fraction of sp³-hybridized carbons (Fsp3) is 0.833. The van der Waals surface area contributed by atoms with Crippen molar-refractivity contribution in [2.45, 2.75) is 19.4 Å². The summed E-state index contributed by atoms with van der Waals surface area (Å²) in [6.07, 6.45) is 0.783. The van der Waals surface area contributed by atoms with E-state index in [9.17, 15) is 4.79 Å². The van der Waals surface area contributed by atoms with Gasteiger partial charge in [0.15, 0.2) is 0 Å². The molecule has 4 heteroatoms. The Morgan fingerprint density at radius 1 is 1.70 bits per heavy atom. The quantitative estimate of drug-likeness (QED) is 0.598. The standard InChI is InChI=1S/C6H11ClO3/c1-5(9-2)3-4-10-6(7)8/h5H,3-4H2,1-2H3. The average Bonchev–Trinajstić information content (AvgIpc) is 1.87. The minimum Gasteiger partial charge on any atom is -0.454 e. The Morgan fingerprint density at radius 2 is 2.30 bits per heavy atom. The first kappa shape index (κ1) is 9.72. The van der Waals surface area contributed by atoms with Crippen molar-refractivity contribution in [1.82, 2.24) is 0 Å². The molecule has 0 aromatic rings. The van der Waals surface area contributed by atoms with E-state index in [1.807, 2.05) is 6.92 Å².